The number of hydrogen-bond acceptors (Lipinski definition) is 1. The minimum atomic E-state index is 0.161. The molecular weight excluding hydrogens is 254 g/mol. The molecule has 0 aliphatic heterocycles. The van der Waals surface area contributed by atoms with Crippen LogP contribution in [0.3, 0.4) is 0 Å². The van der Waals surface area contributed by atoms with E-state index in [1.807, 2.05) is 0 Å². The van der Waals surface area contributed by atoms with Crippen LogP contribution in [-0.2, 0) is 0 Å². The van der Waals surface area contributed by atoms with Gasteiger partial charge in [0, 0.05) is 5.69 Å². The average molecular weight is 273 g/mol. The Morgan fingerprint density at radius 1 is 0.667 bits per heavy atom. The van der Waals surface area contributed by atoms with Crippen molar-refractivity contribution in [2.45, 2.75) is 13.0 Å². The van der Waals surface area contributed by atoms with E-state index in [0.717, 1.165) is 5.69 Å². The molecule has 0 heterocycles. The van der Waals surface area contributed by atoms with Crippen molar-refractivity contribution < 1.29 is 0 Å². The molecule has 21 heavy (non-hydrogen) atoms. The Morgan fingerprint density at radius 3 is 1.76 bits per heavy atom. The van der Waals surface area contributed by atoms with Gasteiger partial charge in [0.2, 0.25) is 0 Å². The Kier molecular flexibility index (Phi) is 4.02. The first-order valence-electron chi connectivity index (χ1n) is 7.26. The van der Waals surface area contributed by atoms with Gasteiger partial charge in [-0.3, -0.25) is 0 Å². The van der Waals surface area contributed by atoms with Crippen molar-refractivity contribution >= 4 is 5.69 Å². The molecule has 1 N–H and O–H groups in total. The summed E-state index contributed by atoms with van der Waals surface area (Å²) in [5.41, 5.74) is 4.95. The fourth-order valence-electron chi connectivity index (χ4n) is 2.55. The lowest BCUT2D eigenvalue weighted by molar-refractivity contribution is 0.939. The van der Waals surface area contributed by atoms with E-state index in [-0.39, 0.29) is 6.04 Å². The third-order valence-electron chi connectivity index (χ3n) is 3.59. The smallest absolute Gasteiger partial charge is 0.0767 e. The van der Waals surface area contributed by atoms with Crippen molar-refractivity contribution in [1.82, 2.24) is 0 Å². The molecule has 104 valence electrons. The Morgan fingerprint density at radius 2 is 1.24 bits per heavy atom. The summed E-state index contributed by atoms with van der Waals surface area (Å²) in [5.74, 6) is 0. The van der Waals surface area contributed by atoms with Crippen LogP contribution in [0, 0.1) is 6.92 Å². The van der Waals surface area contributed by atoms with Crippen LogP contribution in [0.2, 0.25) is 0 Å². The second kappa shape index (κ2) is 6.27. The molecule has 3 rings (SSSR count). The molecule has 1 heteroatoms. The minimum Gasteiger partial charge on any atom is -0.374 e. The van der Waals surface area contributed by atoms with E-state index in [4.69, 9.17) is 0 Å². The molecule has 0 saturated carbocycles. The van der Waals surface area contributed by atoms with Crippen LogP contribution >= 0.6 is 0 Å². The highest BCUT2D eigenvalue weighted by Gasteiger charge is 2.13. The summed E-state index contributed by atoms with van der Waals surface area (Å²) in [5, 5.41) is 3.65. The molecule has 0 amide bonds. The standard InChI is InChI=1S/C20H19N/c1-16-9-8-14-19(15-16)21-20(17-10-4-2-5-11-17)18-12-6-3-7-13-18/h2-15,20-21H,1H3. The third kappa shape index (κ3) is 3.32. The molecule has 0 aliphatic carbocycles. The van der Waals surface area contributed by atoms with Gasteiger partial charge in [0.25, 0.3) is 0 Å². The van der Waals surface area contributed by atoms with Crippen molar-refractivity contribution in [1.29, 1.82) is 0 Å². The SMILES string of the molecule is Cc1cccc(NC(c2ccccc2)c2ccccc2)c1. The quantitative estimate of drug-likeness (QED) is 0.689. The van der Waals surface area contributed by atoms with E-state index in [2.05, 4.69) is 97.2 Å². The first kappa shape index (κ1) is 13.4. The molecule has 0 saturated heterocycles. The molecule has 0 unspecified atom stereocenters. The Bertz CT molecular complexity index is 650. The van der Waals surface area contributed by atoms with Crippen molar-refractivity contribution in [3.63, 3.8) is 0 Å². The van der Waals surface area contributed by atoms with Gasteiger partial charge in [0.05, 0.1) is 6.04 Å². The number of benzene rings is 3. The van der Waals surface area contributed by atoms with Crippen LogP contribution in [-0.4, -0.2) is 0 Å². The van der Waals surface area contributed by atoms with Crippen molar-refractivity contribution in [3.05, 3.63) is 102 Å². The molecule has 0 aromatic heterocycles. The van der Waals surface area contributed by atoms with Crippen molar-refractivity contribution in [2.24, 2.45) is 0 Å². The van der Waals surface area contributed by atoms with Gasteiger partial charge in [-0.2, -0.15) is 0 Å². The summed E-state index contributed by atoms with van der Waals surface area (Å²) in [4.78, 5) is 0. The van der Waals surface area contributed by atoms with Crippen LogP contribution in [0.5, 0.6) is 0 Å². The van der Waals surface area contributed by atoms with E-state index >= 15 is 0 Å². The minimum absolute atomic E-state index is 0.161. The predicted molar refractivity (Wildman–Crippen MR) is 89.5 cm³/mol. The Balaban J connectivity index is 1.97. The second-order valence-electron chi connectivity index (χ2n) is 5.27. The molecule has 0 fully saturated rings. The summed E-state index contributed by atoms with van der Waals surface area (Å²) in [7, 11) is 0. The molecule has 3 aromatic rings. The fraction of sp³-hybridized carbons (Fsp3) is 0.100. The van der Waals surface area contributed by atoms with Crippen LogP contribution in [0.15, 0.2) is 84.9 Å². The van der Waals surface area contributed by atoms with Crippen LogP contribution < -0.4 is 5.32 Å². The van der Waals surface area contributed by atoms with Crippen LogP contribution in [0.1, 0.15) is 22.7 Å². The maximum Gasteiger partial charge on any atom is 0.0767 e. The number of hydrogen-bond donors (Lipinski definition) is 1. The van der Waals surface area contributed by atoms with Gasteiger partial charge in [0.1, 0.15) is 0 Å². The highest BCUT2D eigenvalue weighted by Crippen LogP contribution is 2.26. The first-order valence-corrected chi connectivity index (χ1v) is 7.26. The molecule has 0 radical (unpaired) electrons. The van der Waals surface area contributed by atoms with E-state index < -0.39 is 0 Å². The molecule has 0 atom stereocenters. The maximum absolute atomic E-state index is 3.65. The van der Waals surface area contributed by atoms with Gasteiger partial charge in [-0.25, -0.2) is 0 Å². The maximum atomic E-state index is 3.65. The first-order chi connectivity index (χ1) is 10.3. The second-order valence-corrected chi connectivity index (χ2v) is 5.27. The Labute approximate surface area is 126 Å². The van der Waals surface area contributed by atoms with Gasteiger partial charge in [-0.1, -0.05) is 72.8 Å². The monoisotopic (exact) mass is 273 g/mol. The van der Waals surface area contributed by atoms with Gasteiger partial charge < -0.3 is 5.32 Å². The fourth-order valence-corrected chi connectivity index (χ4v) is 2.55. The highest BCUT2D eigenvalue weighted by atomic mass is 14.9. The number of aryl methyl sites for hydroxylation is 1. The summed E-state index contributed by atoms with van der Waals surface area (Å²) in [6.45, 7) is 2.12. The summed E-state index contributed by atoms with van der Waals surface area (Å²) >= 11 is 0. The molecule has 0 spiro atoms. The predicted octanol–water partition coefficient (Wildman–Crippen LogP) is 5.20. The largest absolute Gasteiger partial charge is 0.374 e. The van der Waals surface area contributed by atoms with Gasteiger partial charge in [0.15, 0.2) is 0 Å². The van der Waals surface area contributed by atoms with Crippen LogP contribution in [0.25, 0.3) is 0 Å². The highest BCUT2D eigenvalue weighted by molar-refractivity contribution is 5.50. The van der Waals surface area contributed by atoms with Gasteiger partial charge in [-0.15, -0.1) is 0 Å². The lowest BCUT2D eigenvalue weighted by Gasteiger charge is -2.21. The zero-order chi connectivity index (χ0) is 14.5. The number of anilines is 1. The number of rotatable bonds is 4. The molecule has 1 nitrogen and oxygen atoms in total. The summed E-state index contributed by atoms with van der Waals surface area (Å²) in [6.07, 6.45) is 0. The third-order valence-corrected chi connectivity index (χ3v) is 3.59. The summed E-state index contributed by atoms with van der Waals surface area (Å²) < 4.78 is 0. The number of nitrogens with one attached hydrogen (secondary N) is 1. The molecule has 0 bridgehead atoms. The van der Waals surface area contributed by atoms with Gasteiger partial charge in [-0.05, 0) is 35.7 Å². The topological polar surface area (TPSA) is 12.0 Å². The van der Waals surface area contributed by atoms with E-state index in [1.165, 1.54) is 16.7 Å². The molecular formula is C20H19N. The molecule has 0 aliphatic rings. The zero-order valence-electron chi connectivity index (χ0n) is 12.2. The van der Waals surface area contributed by atoms with Gasteiger partial charge >= 0.3 is 0 Å². The van der Waals surface area contributed by atoms with Crippen LogP contribution in [0.4, 0.5) is 5.69 Å². The lowest BCUT2D eigenvalue weighted by Crippen LogP contribution is -2.12. The normalized spacial score (nSPS) is 10.6. The van der Waals surface area contributed by atoms with Crippen molar-refractivity contribution in [2.75, 3.05) is 5.32 Å². The van der Waals surface area contributed by atoms with E-state index in [1.54, 1.807) is 0 Å². The van der Waals surface area contributed by atoms with Crippen molar-refractivity contribution in [3.8, 4) is 0 Å². The molecule has 3 aromatic carbocycles. The summed E-state index contributed by atoms with van der Waals surface area (Å²) in [6, 6.07) is 29.8. The zero-order valence-corrected chi connectivity index (χ0v) is 12.2. The lowest BCUT2D eigenvalue weighted by atomic mass is 9.98. The average Bonchev–Trinajstić information content (AvgIpc) is 2.54. The van der Waals surface area contributed by atoms with E-state index in [9.17, 15) is 0 Å². The Hall–Kier alpha value is -2.54. The van der Waals surface area contributed by atoms with E-state index in [0.29, 0.717) is 0 Å².